The summed E-state index contributed by atoms with van der Waals surface area (Å²) in [4.78, 5) is 48.2. The van der Waals surface area contributed by atoms with Crippen molar-refractivity contribution in [3.8, 4) is 5.75 Å². The number of carbonyl (C=O) groups excluding carboxylic acids is 3. The van der Waals surface area contributed by atoms with E-state index in [-0.39, 0.29) is 35.2 Å². The van der Waals surface area contributed by atoms with Crippen LogP contribution in [0, 0.1) is 0 Å². The summed E-state index contributed by atoms with van der Waals surface area (Å²) in [5.41, 5.74) is 2.67. The normalized spacial score (nSPS) is 21.1. The fraction of sp³-hybridized carbons (Fsp3) is 0.545. The molecular weight excluding hydrogens is 596 g/mol. The number of piperidine rings is 2. The number of phenolic OH excluding ortho intramolecular Hbond substituents is 1. The van der Waals surface area contributed by atoms with E-state index in [1.165, 1.54) is 6.07 Å². The Hall–Kier alpha value is -3.54. The second-order valence-corrected chi connectivity index (χ2v) is 12.9. The van der Waals surface area contributed by atoms with Crippen molar-refractivity contribution in [2.45, 2.75) is 56.7 Å². The van der Waals surface area contributed by atoms with E-state index < -0.39 is 12.2 Å². The first-order valence-electron chi connectivity index (χ1n) is 16.2. The van der Waals surface area contributed by atoms with Gasteiger partial charge in [0.2, 0.25) is 0 Å². The number of ether oxygens (including phenoxy) is 1. The number of hydrogen-bond acceptors (Lipinski definition) is 7. The molecule has 0 bridgehead atoms. The number of anilines is 1. The van der Waals surface area contributed by atoms with Crippen molar-refractivity contribution in [2.75, 3.05) is 64.2 Å². The van der Waals surface area contributed by atoms with Gasteiger partial charge in [-0.2, -0.15) is 0 Å². The van der Waals surface area contributed by atoms with Crippen LogP contribution in [-0.2, 0) is 22.4 Å². The molecule has 4 aliphatic rings. The van der Waals surface area contributed by atoms with Gasteiger partial charge in [0.05, 0.1) is 5.02 Å². The lowest BCUT2D eigenvalue weighted by atomic mass is 10.0. The van der Waals surface area contributed by atoms with Gasteiger partial charge in [-0.15, -0.1) is 0 Å². The molecule has 12 heteroatoms. The zero-order valence-corrected chi connectivity index (χ0v) is 26.4. The zero-order chi connectivity index (χ0) is 31.3. The first-order chi connectivity index (χ1) is 21.9. The molecule has 4 amide bonds. The number of aromatic hydroxyl groups is 1. The third-order valence-corrected chi connectivity index (χ3v) is 10.0. The van der Waals surface area contributed by atoms with Crippen LogP contribution in [0.3, 0.4) is 0 Å². The number of piperazine rings is 1. The molecule has 11 nitrogen and oxygen atoms in total. The van der Waals surface area contributed by atoms with Crippen LogP contribution < -0.4 is 10.6 Å². The molecule has 242 valence electrons. The highest BCUT2D eigenvalue weighted by molar-refractivity contribution is 6.32. The Balaban J connectivity index is 1.07. The van der Waals surface area contributed by atoms with E-state index in [0.717, 1.165) is 56.7 Å². The van der Waals surface area contributed by atoms with Gasteiger partial charge in [0.25, 0.3) is 5.91 Å². The van der Waals surface area contributed by atoms with Crippen LogP contribution in [0.15, 0.2) is 42.5 Å². The molecular formula is C33H43ClN6O5. The molecule has 3 saturated heterocycles. The maximum Gasteiger partial charge on any atom is 0.410 e. The maximum absolute atomic E-state index is 13.8. The minimum atomic E-state index is -1.01. The van der Waals surface area contributed by atoms with Gasteiger partial charge in [0, 0.05) is 83.1 Å². The number of nitrogens with zero attached hydrogens (tertiary/aromatic N) is 4. The molecule has 4 aliphatic heterocycles. The predicted octanol–water partition coefficient (Wildman–Crippen LogP) is 3.54. The molecule has 3 N–H and O–H groups in total. The fourth-order valence-electron chi connectivity index (χ4n) is 7.07. The number of fused-ring (bicyclic) bond motifs is 1. The number of halogens is 1. The van der Waals surface area contributed by atoms with Gasteiger partial charge in [-0.05, 0) is 61.4 Å². The standard InChI is InChI=1S/C33H43ClN6O5/c34-27-21-23(5-6-29(27)41)22-30(31(42)38-14-8-25(9-15-38)37-19-12-35-13-20-37)45-33(44)39-16-10-26(11-17-39)40-18-7-24-3-1-2-4-28(24)36-32(40)43/h1-6,21,25-26,30,35,41H,7-20,22H2,(H,36,43)/t30-/m1/s1. The highest BCUT2D eigenvalue weighted by Crippen LogP contribution is 2.27. The average Bonchev–Trinajstić information content (AvgIpc) is 3.24. The van der Waals surface area contributed by atoms with E-state index in [9.17, 15) is 19.5 Å². The van der Waals surface area contributed by atoms with E-state index in [4.69, 9.17) is 16.3 Å². The summed E-state index contributed by atoms with van der Waals surface area (Å²) in [6, 6.07) is 13.0. The van der Waals surface area contributed by atoms with Crippen molar-refractivity contribution >= 4 is 35.3 Å². The van der Waals surface area contributed by atoms with E-state index in [1.54, 1.807) is 17.0 Å². The van der Waals surface area contributed by atoms with E-state index in [0.29, 0.717) is 57.2 Å². The molecule has 0 aromatic heterocycles. The van der Waals surface area contributed by atoms with Gasteiger partial charge in [-0.3, -0.25) is 9.69 Å². The monoisotopic (exact) mass is 638 g/mol. The average molecular weight is 639 g/mol. The van der Waals surface area contributed by atoms with Gasteiger partial charge >= 0.3 is 12.1 Å². The number of nitrogens with one attached hydrogen (secondary N) is 2. The third kappa shape index (κ3) is 7.48. The van der Waals surface area contributed by atoms with Crippen LogP contribution >= 0.6 is 11.6 Å². The van der Waals surface area contributed by atoms with Gasteiger partial charge in [0.15, 0.2) is 6.10 Å². The number of para-hydroxylation sites is 1. The van der Waals surface area contributed by atoms with Crippen molar-refractivity contribution in [1.29, 1.82) is 0 Å². The number of carbonyl (C=O) groups is 3. The first kappa shape index (κ1) is 31.4. The van der Waals surface area contributed by atoms with Gasteiger partial charge < -0.3 is 35.2 Å². The number of urea groups is 1. The molecule has 3 fully saturated rings. The van der Waals surface area contributed by atoms with Crippen LogP contribution in [0.2, 0.25) is 5.02 Å². The van der Waals surface area contributed by atoms with Crippen LogP contribution in [0.4, 0.5) is 15.3 Å². The Kier molecular flexibility index (Phi) is 9.97. The Morgan fingerprint density at radius 1 is 0.911 bits per heavy atom. The lowest BCUT2D eigenvalue weighted by Gasteiger charge is -2.41. The van der Waals surface area contributed by atoms with Crippen molar-refractivity contribution in [2.24, 2.45) is 0 Å². The smallest absolute Gasteiger partial charge is 0.410 e. The minimum Gasteiger partial charge on any atom is -0.506 e. The van der Waals surface area contributed by atoms with Crippen molar-refractivity contribution in [3.63, 3.8) is 0 Å². The zero-order valence-electron chi connectivity index (χ0n) is 25.6. The first-order valence-corrected chi connectivity index (χ1v) is 16.6. The highest BCUT2D eigenvalue weighted by Gasteiger charge is 2.36. The summed E-state index contributed by atoms with van der Waals surface area (Å²) in [6.07, 6.45) is 2.43. The molecule has 45 heavy (non-hydrogen) atoms. The van der Waals surface area contributed by atoms with Crippen molar-refractivity contribution < 1.29 is 24.2 Å². The number of likely N-dealkylation sites (tertiary alicyclic amines) is 2. The largest absolute Gasteiger partial charge is 0.506 e. The number of phenols is 1. The Bertz CT molecular complexity index is 1370. The summed E-state index contributed by atoms with van der Waals surface area (Å²) < 4.78 is 5.96. The molecule has 0 aliphatic carbocycles. The molecule has 0 saturated carbocycles. The summed E-state index contributed by atoms with van der Waals surface area (Å²) in [5, 5.41) is 16.5. The molecule has 1 atom stereocenters. The molecule has 4 heterocycles. The quantitative estimate of drug-likeness (QED) is 0.443. The van der Waals surface area contributed by atoms with Crippen LogP contribution in [0.5, 0.6) is 5.75 Å². The SMILES string of the molecule is O=C(O[C@H](Cc1ccc(O)c(Cl)c1)C(=O)N1CCC(N2CCNCC2)CC1)N1CCC(N2CCc3ccccc3NC2=O)CC1. The highest BCUT2D eigenvalue weighted by atomic mass is 35.5. The van der Waals surface area contributed by atoms with E-state index in [1.807, 2.05) is 34.1 Å². The van der Waals surface area contributed by atoms with Gasteiger partial charge in [-0.1, -0.05) is 35.9 Å². The Morgan fingerprint density at radius 2 is 1.60 bits per heavy atom. The molecule has 0 spiro atoms. The Morgan fingerprint density at radius 3 is 2.33 bits per heavy atom. The number of benzene rings is 2. The van der Waals surface area contributed by atoms with Crippen LogP contribution in [0.25, 0.3) is 0 Å². The van der Waals surface area contributed by atoms with Gasteiger partial charge in [0.1, 0.15) is 5.75 Å². The lowest BCUT2D eigenvalue weighted by Crippen LogP contribution is -2.54. The number of rotatable bonds is 6. The second kappa shape index (κ2) is 14.3. The Labute approximate surface area is 269 Å². The summed E-state index contributed by atoms with van der Waals surface area (Å²) in [7, 11) is 0. The van der Waals surface area contributed by atoms with Crippen LogP contribution in [-0.4, -0.2) is 120 Å². The number of hydrogen-bond donors (Lipinski definition) is 3. The number of amides is 4. The molecule has 2 aromatic carbocycles. The summed E-state index contributed by atoms with van der Waals surface area (Å²) >= 11 is 6.16. The molecule has 6 rings (SSSR count). The lowest BCUT2D eigenvalue weighted by molar-refractivity contribution is -0.142. The van der Waals surface area contributed by atoms with Gasteiger partial charge in [-0.25, -0.2) is 9.59 Å². The maximum atomic E-state index is 13.8. The molecule has 0 unspecified atom stereocenters. The molecule has 2 aromatic rings. The van der Waals surface area contributed by atoms with E-state index >= 15 is 0 Å². The minimum absolute atomic E-state index is 0.0110. The molecule has 0 radical (unpaired) electrons. The second-order valence-electron chi connectivity index (χ2n) is 12.5. The van der Waals surface area contributed by atoms with Crippen molar-refractivity contribution in [1.82, 2.24) is 24.9 Å². The third-order valence-electron chi connectivity index (χ3n) is 9.70. The van der Waals surface area contributed by atoms with Crippen LogP contribution in [0.1, 0.15) is 36.8 Å². The topological polar surface area (TPSA) is 118 Å². The summed E-state index contributed by atoms with van der Waals surface area (Å²) in [6.45, 7) is 6.74. The van der Waals surface area contributed by atoms with Crippen molar-refractivity contribution in [3.05, 3.63) is 58.6 Å². The summed E-state index contributed by atoms with van der Waals surface area (Å²) in [5.74, 6) is -0.248. The predicted molar refractivity (Wildman–Crippen MR) is 172 cm³/mol. The van der Waals surface area contributed by atoms with E-state index in [2.05, 4.69) is 15.5 Å². The fourth-order valence-corrected chi connectivity index (χ4v) is 7.27.